The molecular weight excluding hydrogens is 431 g/mol. The van der Waals surface area contributed by atoms with E-state index in [1.807, 2.05) is 36.1 Å². The Balaban J connectivity index is 0.000000238. The van der Waals surface area contributed by atoms with Gasteiger partial charge in [-0.05, 0) is 44.7 Å². The lowest BCUT2D eigenvalue weighted by Crippen LogP contribution is -2.18. The Hall–Kier alpha value is -3.03. The first-order chi connectivity index (χ1) is 15.9. The highest BCUT2D eigenvalue weighted by molar-refractivity contribution is 5.89. The average Bonchev–Trinajstić information content (AvgIpc) is 3.46. The summed E-state index contributed by atoms with van der Waals surface area (Å²) < 4.78 is 45.7. The van der Waals surface area contributed by atoms with Crippen molar-refractivity contribution in [3.05, 3.63) is 59.1 Å². The van der Waals surface area contributed by atoms with E-state index in [1.165, 1.54) is 12.8 Å². The van der Waals surface area contributed by atoms with Crippen molar-refractivity contribution in [2.24, 2.45) is 0 Å². The lowest BCUT2D eigenvalue weighted by molar-refractivity contribution is -0.0934. The molecule has 0 unspecified atom stereocenters. The van der Waals surface area contributed by atoms with Gasteiger partial charge in [0.1, 0.15) is 11.2 Å². The molecule has 2 fully saturated rings. The highest BCUT2D eigenvalue weighted by atomic mass is 19.4. The third kappa shape index (κ3) is 4.84. The molecular formula is C24H24F3N5O. The van der Waals surface area contributed by atoms with E-state index in [2.05, 4.69) is 25.8 Å². The smallest absolute Gasteiger partial charge is 0.381 e. The molecule has 0 amide bonds. The molecule has 0 spiro atoms. The van der Waals surface area contributed by atoms with Crippen LogP contribution in [0.5, 0.6) is 0 Å². The van der Waals surface area contributed by atoms with Crippen molar-refractivity contribution in [1.82, 2.24) is 24.7 Å². The first kappa shape index (κ1) is 21.8. The fourth-order valence-electron chi connectivity index (χ4n) is 4.04. The Labute approximate surface area is 189 Å². The van der Waals surface area contributed by atoms with Gasteiger partial charge in [-0.1, -0.05) is 0 Å². The third-order valence-corrected chi connectivity index (χ3v) is 6.04. The van der Waals surface area contributed by atoms with Crippen LogP contribution in [0, 0.1) is 6.92 Å². The number of rotatable bonds is 3. The second-order valence-corrected chi connectivity index (χ2v) is 8.64. The summed E-state index contributed by atoms with van der Waals surface area (Å²) in [7, 11) is 0. The Morgan fingerprint density at radius 1 is 1.12 bits per heavy atom. The zero-order valence-electron chi connectivity index (χ0n) is 18.3. The molecule has 3 aromatic rings. The molecule has 33 heavy (non-hydrogen) atoms. The number of hydrogen-bond donors (Lipinski definition) is 0. The van der Waals surface area contributed by atoms with Gasteiger partial charge in [0.05, 0.1) is 22.8 Å². The summed E-state index contributed by atoms with van der Waals surface area (Å²) in [6.07, 6.45) is 5.28. The molecule has 3 aliphatic rings. The van der Waals surface area contributed by atoms with Crippen LogP contribution in [0.25, 0.3) is 16.6 Å². The van der Waals surface area contributed by atoms with Gasteiger partial charge in [-0.25, -0.2) is 9.97 Å². The molecule has 1 saturated heterocycles. The van der Waals surface area contributed by atoms with Gasteiger partial charge in [0, 0.05) is 55.4 Å². The number of pyridine rings is 1. The minimum Gasteiger partial charge on any atom is -0.381 e. The first-order valence-corrected chi connectivity index (χ1v) is 11.2. The van der Waals surface area contributed by atoms with Crippen LogP contribution in [0.15, 0.2) is 42.0 Å². The van der Waals surface area contributed by atoms with Gasteiger partial charge >= 0.3 is 6.18 Å². The molecule has 2 aliphatic carbocycles. The van der Waals surface area contributed by atoms with Crippen LogP contribution in [0.3, 0.4) is 0 Å². The Kier molecular flexibility index (Phi) is 5.76. The van der Waals surface area contributed by atoms with Crippen LogP contribution < -0.4 is 0 Å². The Morgan fingerprint density at radius 3 is 2.52 bits per heavy atom. The molecule has 6 nitrogen and oxygen atoms in total. The fraction of sp³-hybridized carbons (Fsp3) is 0.458. The Bertz CT molecular complexity index is 1220. The van der Waals surface area contributed by atoms with Gasteiger partial charge in [0.2, 0.25) is 0 Å². The van der Waals surface area contributed by atoms with Gasteiger partial charge in [-0.15, -0.1) is 5.73 Å². The third-order valence-electron chi connectivity index (χ3n) is 6.04. The van der Waals surface area contributed by atoms with E-state index < -0.39 is 11.7 Å². The second kappa shape index (κ2) is 8.72. The maximum absolute atomic E-state index is 12.8. The van der Waals surface area contributed by atoms with E-state index >= 15 is 0 Å². The van der Waals surface area contributed by atoms with E-state index in [1.54, 1.807) is 6.20 Å². The molecule has 4 heterocycles. The van der Waals surface area contributed by atoms with Crippen molar-refractivity contribution in [3.8, 4) is 0 Å². The number of hydrogen-bond acceptors (Lipinski definition) is 5. The zero-order chi connectivity index (χ0) is 23.0. The molecule has 6 rings (SSSR count). The minimum atomic E-state index is -4.33. The quantitative estimate of drug-likeness (QED) is 0.500. The van der Waals surface area contributed by atoms with E-state index in [0.717, 1.165) is 30.3 Å². The predicted octanol–water partition coefficient (Wildman–Crippen LogP) is 5.32. The number of ether oxygens (including phenoxy) is 1. The molecule has 1 aliphatic heterocycles. The maximum Gasteiger partial charge on any atom is 0.420 e. The second-order valence-electron chi connectivity index (χ2n) is 8.64. The van der Waals surface area contributed by atoms with Crippen LogP contribution >= 0.6 is 0 Å². The topological polar surface area (TPSA) is 65.7 Å². The summed E-state index contributed by atoms with van der Waals surface area (Å²) in [5, 5.41) is 4.09. The van der Waals surface area contributed by atoms with Gasteiger partial charge in [-0.3, -0.25) is 9.67 Å². The lowest BCUT2D eigenvalue weighted by Gasteiger charge is -2.23. The zero-order valence-corrected chi connectivity index (χ0v) is 18.3. The minimum absolute atomic E-state index is 0.182. The molecule has 0 bridgehead atoms. The van der Waals surface area contributed by atoms with Gasteiger partial charge in [-0.2, -0.15) is 18.3 Å². The predicted molar refractivity (Wildman–Crippen MR) is 116 cm³/mol. The number of allylic oxidation sites excluding steroid dienone is 1. The number of halogens is 3. The molecule has 0 aromatic carbocycles. The van der Waals surface area contributed by atoms with Crippen molar-refractivity contribution in [2.45, 2.75) is 57.2 Å². The fourth-order valence-corrected chi connectivity index (χ4v) is 4.04. The van der Waals surface area contributed by atoms with E-state index in [0.29, 0.717) is 35.5 Å². The number of fused-ring (bicyclic) bond motifs is 1. The van der Waals surface area contributed by atoms with E-state index in [9.17, 15) is 13.2 Å². The molecule has 1 saturated carbocycles. The average molecular weight is 455 g/mol. The van der Waals surface area contributed by atoms with Crippen LogP contribution in [-0.4, -0.2) is 44.1 Å². The summed E-state index contributed by atoms with van der Waals surface area (Å²) in [6, 6.07) is 4.62. The summed E-state index contributed by atoms with van der Waals surface area (Å²) >= 11 is 0. The van der Waals surface area contributed by atoms with Gasteiger partial charge < -0.3 is 4.74 Å². The van der Waals surface area contributed by atoms with Crippen LogP contribution in [0.4, 0.5) is 13.2 Å². The van der Waals surface area contributed by atoms with Crippen molar-refractivity contribution in [2.75, 3.05) is 13.2 Å². The molecule has 0 radical (unpaired) electrons. The van der Waals surface area contributed by atoms with Crippen LogP contribution in [0.1, 0.15) is 61.1 Å². The summed E-state index contributed by atoms with van der Waals surface area (Å²) in [6.45, 7) is 3.17. The molecule has 0 atom stereocenters. The Morgan fingerprint density at radius 2 is 1.88 bits per heavy atom. The molecule has 9 heteroatoms. The highest BCUT2D eigenvalue weighted by Crippen LogP contribution is 2.40. The normalized spacial score (nSPS) is 18.8. The van der Waals surface area contributed by atoms with Crippen molar-refractivity contribution < 1.29 is 17.9 Å². The monoisotopic (exact) mass is 455 g/mol. The lowest BCUT2D eigenvalue weighted by atomic mass is 9.91. The number of alkyl halides is 3. The highest BCUT2D eigenvalue weighted by Gasteiger charge is 2.38. The number of nitrogens with zero attached hydrogens (tertiary/aromatic N) is 5. The number of aryl methyl sites for hydroxylation is 1. The van der Waals surface area contributed by atoms with Crippen LogP contribution in [0.2, 0.25) is 0 Å². The van der Waals surface area contributed by atoms with Crippen molar-refractivity contribution >= 4 is 16.6 Å². The number of aromatic nitrogens is 5. The molecule has 3 aromatic heterocycles. The van der Waals surface area contributed by atoms with Gasteiger partial charge in [0.15, 0.2) is 0 Å². The summed E-state index contributed by atoms with van der Waals surface area (Å²) in [5.41, 5.74) is 5.51. The first-order valence-electron chi connectivity index (χ1n) is 11.2. The van der Waals surface area contributed by atoms with E-state index in [4.69, 9.17) is 4.74 Å². The standard InChI is InChI=1S/C18H16F3N3O.C6H8N2/c1-10-9-22-17-15(23-10)8-14(11-2-4-25-5-3-11)24-16(17)12-6-13(7-12)18(19,20)21;1-4-7-8(5-1)6-2-3-6/h8-9,11H,2-6H2,1H3;1,4-6H,2-3H2. The van der Waals surface area contributed by atoms with E-state index in [-0.39, 0.29) is 12.3 Å². The van der Waals surface area contributed by atoms with Crippen molar-refractivity contribution in [3.63, 3.8) is 0 Å². The van der Waals surface area contributed by atoms with Gasteiger partial charge in [0.25, 0.3) is 0 Å². The summed E-state index contributed by atoms with van der Waals surface area (Å²) in [4.78, 5) is 13.5. The maximum atomic E-state index is 12.8. The summed E-state index contributed by atoms with van der Waals surface area (Å²) in [5.74, 6) is 0.228. The molecule has 0 N–H and O–H groups in total. The van der Waals surface area contributed by atoms with Crippen molar-refractivity contribution in [1.29, 1.82) is 0 Å². The SMILES string of the molecule is Cc1cnc2c(C3=C=C(C(F)(F)F)C3)nc(C3CCOCC3)cc2n1.c1cnn(C2CC2)c1. The molecule has 172 valence electrons. The van der Waals surface area contributed by atoms with Crippen LogP contribution in [-0.2, 0) is 4.74 Å². The largest absolute Gasteiger partial charge is 0.420 e.